The minimum atomic E-state index is -1.83. The number of aliphatic carboxylic acids is 4. The van der Waals surface area contributed by atoms with Crippen LogP contribution in [0.15, 0.2) is 24.3 Å². The molecule has 0 aliphatic carbocycles. The van der Waals surface area contributed by atoms with Gasteiger partial charge in [-0.25, -0.2) is 9.59 Å². The standard InChI is InChI=1S/2C12H18O9.Mg.2H/c2*1-7(2-8(9(16)17)10(18)19)11(20)21-6-12(3-13,4-14)5-15;;;/h2*8,13-15H,1-6H2,(H,16,17)(H,18,19);;;. The Morgan fingerprint density at radius 1 is 0.512 bits per heavy atom. The molecule has 0 aliphatic rings. The predicted molar refractivity (Wildman–Crippen MR) is 143 cm³/mol. The lowest BCUT2D eigenvalue weighted by Gasteiger charge is -2.26. The highest BCUT2D eigenvalue weighted by Crippen LogP contribution is 2.19. The maximum atomic E-state index is 11.6. The Morgan fingerprint density at radius 2 is 0.721 bits per heavy atom. The number of hydrogen-bond acceptors (Lipinski definition) is 14. The second kappa shape index (κ2) is 21.5. The molecule has 0 aliphatic heterocycles. The Balaban J connectivity index is -0.000000727. The summed E-state index contributed by atoms with van der Waals surface area (Å²) >= 11 is 0. The number of carbonyl (C=O) groups is 6. The molecule has 0 aromatic carbocycles. The molecule has 43 heavy (non-hydrogen) atoms. The van der Waals surface area contributed by atoms with Crippen LogP contribution in [0.25, 0.3) is 0 Å². The monoisotopic (exact) mass is 638 g/mol. The van der Waals surface area contributed by atoms with Crippen molar-refractivity contribution in [3.8, 4) is 0 Å². The fourth-order valence-electron chi connectivity index (χ4n) is 2.44. The molecule has 0 spiro atoms. The van der Waals surface area contributed by atoms with Crippen molar-refractivity contribution in [3.63, 3.8) is 0 Å². The van der Waals surface area contributed by atoms with Gasteiger partial charge in [-0.15, -0.1) is 0 Å². The van der Waals surface area contributed by atoms with Gasteiger partial charge in [-0.05, 0) is 0 Å². The van der Waals surface area contributed by atoms with Gasteiger partial charge in [0, 0.05) is 24.0 Å². The summed E-state index contributed by atoms with van der Waals surface area (Å²) in [4.78, 5) is 65.9. The number of ether oxygens (including phenoxy) is 2. The molecule has 0 atom stereocenters. The van der Waals surface area contributed by atoms with Crippen LogP contribution in [-0.4, -0.2) is 163 Å². The van der Waals surface area contributed by atoms with Crippen LogP contribution in [0, 0.1) is 22.7 Å². The third-order valence-corrected chi connectivity index (χ3v) is 5.70. The van der Waals surface area contributed by atoms with E-state index < -0.39 is 124 Å². The molecule has 18 nitrogen and oxygen atoms in total. The van der Waals surface area contributed by atoms with E-state index in [1.165, 1.54) is 0 Å². The van der Waals surface area contributed by atoms with Crippen molar-refractivity contribution in [1.82, 2.24) is 0 Å². The van der Waals surface area contributed by atoms with Crippen molar-refractivity contribution >= 4 is 58.9 Å². The number of aliphatic hydroxyl groups is 6. The summed E-state index contributed by atoms with van der Waals surface area (Å²) in [6.07, 6.45) is -1.29. The molecule has 0 amide bonds. The smallest absolute Gasteiger partial charge is 0.333 e. The van der Waals surface area contributed by atoms with Gasteiger partial charge >= 0.3 is 58.9 Å². The minimum Gasteiger partial charge on any atom is -0.481 e. The van der Waals surface area contributed by atoms with Crippen LogP contribution in [0.1, 0.15) is 12.8 Å². The maximum Gasteiger partial charge on any atom is 0.333 e. The lowest BCUT2D eigenvalue weighted by molar-refractivity contribution is -0.157. The van der Waals surface area contributed by atoms with Gasteiger partial charge in [0.15, 0.2) is 11.8 Å². The zero-order valence-corrected chi connectivity index (χ0v) is 22.4. The average molecular weight is 639 g/mol. The van der Waals surface area contributed by atoms with Crippen LogP contribution in [0.2, 0.25) is 0 Å². The number of carboxylic acid groups (broad SMARTS) is 4. The molecule has 0 bridgehead atoms. The number of hydrogen-bond donors (Lipinski definition) is 10. The highest BCUT2D eigenvalue weighted by atomic mass is 24.3. The van der Waals surface area contributed by atoms with Crippen LogP contribution in [-0.2, 0) is 38.2 Å². The molecule has 0 rings (SSSR count). The molecule has 0 saturated heterocycles. The first kappa shape index (κ1) is 44.3. The Kier molecular flexibility index (Phi) is 22.1. The summed E-state index contributed by atoms with van der Waals surface area (Å²) < 4.78 is 9.40. The van der Waals surface area contributed by atoms with E-state index in [1.807, 2.05) is 0 Å². The summed E-state index contributed by atoms with van der Waals surface area (Å²) in [7, 11) is 0. The van der Waals surface area contributed by atoms with Gasteiger partial charge < -0.3 is 60.5 Å². The van der Waals surface area contributed by atoms with Crippen LogP contribution < -0.4 is 0 Å². The molecule has 10 N–H and O–H groups in total. The molecule has 0 heterocycles. The second-order valence-electron chi connectivity index (χ2n) is 9.17. The Morgan fingerprint density at radius 3 is 0.884 bits per heavy atom. The first-order chi connectivity index (χ1) is 19.4. The summed E-state index contributed by atoms with van der Waals surface area (Å²) in [6.45, 7) is 1.56. The molecular weight excluding hydrogens is 601 g/mol. The first-order valence-electron chi connectivity index (χ1n) is 11.7. The molecule has 244 valence electrons. The van der Waals surface area contributed by atoms with Crippen molar-refractivity contribution in [3.05, 3.63) is 24.3 Å². The van der Waals surface area contributed by atoms with Crippen molar-refractivity contribution in [2.75, 3.05) is 52.9 Å². The highest BCUT2D eigenvalue weighted by Gasteiger charge is 2.34. The summed E-state index contributed by atoms with van der Waals surface area (Å²) in [5.74, 6) is -12.3. The normalized spacial score (nSPS) is 11.0. The zero-order valence-electron chi connectivity index (χ0n) is 22.4. The number of rotatable bonds is 20. The van der Waals surface area contributed by atoms with Crippen molar-refractivity contribution < 1.29 is 89.3 Å². The topological polar surface area (TPSA) is 323 Å². The van der Waals surface area contributed by atoms with Gasteiger partial charge in [0.25, 0.3) is 0 Å². The number of carboxylic acids is 4. The molecule has 19 heteroatoms. The van der Waals surface area contributed by atoms with Crippen LogP contribution in [0.3, 0.4) is 0 Å². The number of aliphatic hydroxyl groups excluding tert-OH is 6. The second-order valence-corrected chi connectivity index (χ2v) is 9.17. The number of carbonyl (C=O) groups excluding carboxylic acids is 2. The first-order valence-corrected chi connectivity index (χ1v) is 11.7. The van der Waals surface area contributed by atoms with Gasteiger partial charge in [-0.2, -0.15) is 0 Å². The van der Waals surface area contributed by atoms with Crippen LogP contribution in [0.5, 0.6) is 0 Å². The maximum absolute atomic E-state index is 11.6. The van der Waals surface area contributed by atoms with Gasteiger partial charge in [0.1, 0.15) is 13.2 Å². The van der Waals surface area contributed by atoms with E-state index in [0.717, 1.165) is 0 Å². The van der Waals surface area contributed by atoms with E-state index in [4.69, 9.17) is 60.5 Å². The minimum absolute atomic E-state index is 0. The van der Waals surface area contributed by atoms with E-state index in [9.17, 15) is 28.8 Å². The summed E-state index contributed by atoms with van der Waals surface area (Å²) in [5, 5.41) is 88.9. The van der Waals surface area contributed by atoms with Gasteiger partial charge in [0.2, 0.25) is 0 Å². The molecule has 0 fully saturated rings. The van der Waals surface area contributed by atoms with Gasteiger partial charge in [-0.3, -0.25) is 19.2 Å². The quantitative estimate of drug-likeness (QED) is 0.0260. The van der Waals surface area contributed by atoms with Crippen molar-refractivity contribution in [1.29, 1.82) is 0 Å². The van der Waals surface area contributed by atoms with Crippen molar-refractivity contribution in [2.24, 2.45) is 22.7 Å². The SMILES string of the molecule is C=C(CC(C(=O)O)C(=O)O)C(=O)OCC(CO)(CO)CO.C=C(CC(C(=O)O)C(=O)O)C(=O)OCC(CO)(CO)CO.[MgH2]. The van der Waals surface area contributed by atoms with Gasteiger partial charge in [-0.1, -0.05) is 13.2 Å². The lowest BCUT2D eigenvalue weighted by atomic mass is 9.92. The van der Waals surface area contributed by atoms with Crippen molar-refractivity contribution in [2.45, 2.75) is 12.8 Å². The molecular formula is C24H38MgO18. The lowest BCUT2D eigenvalue weighted by Crippen LogP contribution is -2.39. The molecule has 0 aromatic heterocycles. The van der Waals surface area contributed by atoms with E-state index in [1.54, 1.807) is 0 Å². The van der Waals surface area contributed by atoms with Crippen LogP contribution in [0.4, 0.5) is 0 Å². The average Bonchev–Trinajstić information content (AvgIpc) is 2.95. The third kappa shape index (κ3) is 15.2. The Bertz CT molecular complexity index is 862. The van der Waals surface area contributed by atoms with E-state index >= 15 is 0 Å². The fraction of sp³-hybridized carbons (Fsp3) is 0.583. The van der Waals surface area contributed by atoms with Crippen LogP contribution >= 0.6 is 0 Å². The molecule has 0 saturated carbocycles. The summed E-state index contributed by atoms with van der Waals surface area (Å²) in [6, 6.07) is 0. The Hall–Kier alpha value is -3.17. The van der Waals surface area contributed by atoms with Gasteiger partial charge in [0.05, 0.1) is 50.5 Å². The fourth-order valence-corrected chi connectivity index (χ4v) is 2.44. The zero-order chi connectivity index (χ0) is 33.3. The van der Waals surface area contributed by atoms with E-state index in [0.29, 0.717) is 0 Å². The predicted octanol–water partition coefficient (Wildman–Crippen LogP) is -4.47. The van der Waals surface area contributed by atoms with E-state index in [-0.39, 0.29) is 34.2 Å². The summed E-state index contributed by atoms with van der Waals surface area (Å²) in [5.41, 5.74) is -3.64. The molecule has 0 aromatic rings. The largest absolute Gasteiger partial charge is 0.481 e. The number of esters is 2. The third-order valence-electron chi connectivity index (χ3n) is 5.70. The molecule has 0 unspecified atom stereocenters. The Labute approximate surface area is 260 Å². The molecule has 0 radical (unpaired) electrons. The van der Waals surface area contributed by atoms with E-state index in [2.05, 4.69) is 13.2 Å². The highest BCUT2D eigenvalue weighted by molar-refractivity contribution is 5.97.